The number of pyridine rings is 1. The van der Waals surface area contributed by atoms with Gasteiger partial charge in [-0.2, -0.15) is 0 Å². The number of carbonyl (C=O) groups excluding carboxylic acids is 2. The van der Waals surface area contributed by atoms with Crippen molar-refractivity contribution in [3.63, 3.8) is 0 Å². The smallest absolute Gasteiger partial charge is 0.338 e. The first-order valence-electron chi connectivity index (χ1n) is 8.66. The molecular formula is C20H24N2O3S. The van der Waals surface area contributed by atoms with Crippen LogP contribution in [0, 0.1) is 6.92 Å². The molecular weight excluding hydrogens is 348 g/mol. The Morgan fingerprint density at radius 2 is 1.96 bits per heavy atom. The summed E-state index contributed by atoms with van der Waals surface area (Å²) in [5.74, 6) is 0.437. The van der Waals surface area contributed by atoms with E-state index in [0.29, 0.717) is 24.9 Å². The molecule has 1 aromatic carbocycles. The first kappa shape index (κ1) is 20.0. The number of rotatable bonds is 9. The lowest BCUT2D eigenvalue weighted by atomic mass is 10.1. The molecule has 138 valence electrons. The standard InChI is InChI=1S/C20H24N2O3S/c1-3-26-19-14-17(10-11-22-19)20(24)25-13-12-21-18(23)9-8-16-6-4-15(2)5-7-16/h4-7,10-11,14H,3,8-9,12-13H2,1-2H3,(H,21,23). The Hall–Kier alpha value is -2.34. The third kappa shape index (κ3) is 6.88. The average molecular weight is 372 g/mol. The molecule has 0 saturated carbocycles. The zero-order chi connectivity index (χ0) is 18.8. The van der Waals surface area contributed by atoms with E-state index in [0.717, 1.165) is 16.3 Å². The van der Waals surface area contributed by atoms with E-state index in [4.69, 9.17) is 4.74 Å². The fourth-order valence-corrected chi connectivity index (χ4v) is 2.92. The number of carbonyl (C=O) groups is 2. The molecule has 5 nitrogen and oxygen atoms in total. The highest BCUT2D eigenvalue weighted by molar-refractivity contribution is 7.99. The maximum atomic E-state index is 12.0. The minimum absolute atomic E-state index is 0.0489. The molecule has 0 saturated heterocycles. The van der Waals surface area contributed by atoms with Crippen LogP contribution in [0.15, 0.2) is 47.6 Å². The van der Waals surface area contributed by atoms with Crippen LogP contribution < -0.4 is 5.32 Å². The van der Waals surface area contributed by atoms with E-state index >= 15 is 0 Å². The number of esters is 1. The lowest BCUT2D eigenvalue weighted by Gasteiger charge is -2.08. The van der Waals surface area contributed by atoms with E-state index in [1.165, 1.54) is 5.56 Å². The van der Waals surface area contributed by atoms with E-state index in [-0.39, 0.29) is 12.5 Å². The first-order valence-corrected chi connectivity index (χ1v) is 9.65. The van der Waals surface area contributed by atoms with Crippen LogP contribution in [0.1, 0.15) is 34.8 Å². The third-order valence-electron chi connectivity index (χ3n) is 3.68. The van der Waals surface area contributed by atoms with Gasteiger partial charge in [0.2, 0.25) is 5.91 Å². The van der Waals surface area contributed by atoms with Gasteiger partial charge in [0.15, 0.2) is 0 Å². The summed E-state index contributed by atoms with van der Waals surface area (Å²) in [6.07, 6.45) is 2.71. The fraction of sp³-hybridized carbons (Fsp3) is 0.350. The number of amides is 1. The maximum absolute atomic E-state index is 12.0. The van der Waals surface area contributed by atoms with Crippen molar-refractivity contribution in [1.82, 2.24) is 10.3 Å². The summed E-state index contributed by atoms with van der Waals surface area (Å²) in [5.41, 5.74) is 2.81. The van der Waals surface area contributed by atoms with Crippen molar-refractivity contribution in [3.8, 4) is 0 Å². The van der Waals surface area contributed by atoms with Crippen LogP contribution in [0.2, 0.25) is 0 Å². The summed E-state index contributed by atoms with van der Waals surface area (Å²) in [6, 6.07) is 11.5. The molecule has 6 heteroatoms. The van der Waals surface area contributed by atoms with Gasteiger partial charge in [-0.25, -0.2) is 9.78 Å². The minimum atomic E-state index is -0.403. The van der Waals surface area contributed by atoms with Crippen LogP contribution in [0.5, 0.6) is 0 Å². The van der Waals surface area contributed by atoms with E-state index < -0.39 is 5.97 Å². The Labute approximate surface area is 158 Å². The predicted molar refractivity (Wildman–Crippen MR) is 103 cm³/mol. The van der Waals surface area contributed by atoms with Crippen molar-refractivity contribution in [1.29, 1.82) is 0 Å². The maximum Gasteiger partial charge on any atom is 0.338 e. The van der Waals surface area contributed by atoms with Gasteiger partial charge in [-0.1, -0.05) is 36.8 Å². The van der Waals surface area contributed by atoms with Gasteiger partial charge in [0, 0.05) is 12.6 Å². The summed E-state index contributed by atoms with van der Waals surface area (Å²) in [6.45, 7) is 4.51. The number of aromatic nitrogens is 1. The molecule has 1 N–H and O–H groups in total. The van der Waals surface area contributed by atoms with Crippen LogP contribution in [0.25, 0.3) is 0 Å². The van der Waals surface area contributed by atoms with Gasteiger partial charge in [0.1, 0.15) is 6.61 Å². The molecule has 2 rings (SSSR count). The molecule has 26 heavy (non-hydrogen) atoms. The van der Waals surface area contributed by atoms with Gasteiger partial charge < -0.3 is 10.1 Å². The number of thioether (sulfide) groups is 1. The SMILES string of the molecule is CCSc1cc(C(=O)OCCNC(=O)CCc2ccc(C)cc2)ccn1. The summed E-state index contributed by atoms with van der Waals surface area (Å²) < 4.78 is 5.20. The molecule has 0 aliphatic rings. The average Bonchev–Trinajstić information content (AvgIpc) is 2.65. The quantitative estimate of drug-likeness (QED) is 0.415. The zero-order valence-electron chi connectivity index (χ0n) is 15.2. The first-order chi connectivity index (χ1) is 12.6. The molecule has 0 aliphatic heterocycles. The second kappa shape index (κ2) is 10.6. The van der Waals surface area contributed by atoms with E-state index in [2.05, 4.69) is 10.3 Å². The van der Waals surface area contributed by atoms with Crippen LogP contribution in [-0.4, -0.2) is 35.8 Å². The van der Waals surface area contributed by atoms with Crippen molar-refractivity contribution >= 4 is 23.6 Å². The van der Waals surface area contributed by atoms with Gasteiger partial charge in [0.05, 0.1) is 17.1 Å². The van der Waals surface area contributed by atoms with Gasteiger partial charge in [-0.05, 0) is 36.8 Å². The molecule has 0 fully saturated rings. The summed E-state index contributed by atoms with van der Waals surface area (Å²) in [7, 11) is 0. The lowest BCUT2D eigenvalue weighted by molar-refractivity contribution is -0.121. The number of nitrogens with zero attached hydrogens (tertiary/aromatic N) is 1. The fourth-order valence-electron chi connectivity index (χ4n) is 2.28. The highest BCUT2D eigenvalue weighted by Gasteiger charge is 2.09. The molecule has 1 heterocycles. The Kier molecular flexibility index (Phi) is 8.15. The molecule has 0 bridgehead atoms. The molecule has 0 spiro atoms. The Morgan fingerprint density at radius 1 is 1.19 bits per heavy atom. The Morgan fingerprint density at radius 3 is 2.69 bits per heavy atom. The number of hydrogen-bond donors (Lipinski definition) is 1. The number of aryl methyl sites for hydroxylation is 2. The van der Waals surface area contributed by atoms with Gasteiger partial charge in [-0.15, -0.1) is 11.8 Å². The Balaban J connectivity index is 1.66. The molecule has 0 aliphatic carbocycles. The molecule has 0 radical (unpaired) electrons. The minimum Gasteiger partial charge on any atom is -0.460 e. The van der Waals surface area contributed by atoms with E-state index in [9.17, 15) is 9.59 Å². The molecule has 0 unspecified atom stereocenters. The number of hydrogen-bond acceptors (Lipinski definition) is 5. The molecule has 1 aromatic heterocycles. The summed E-state index contributed by atoms with van der Waals surface area (Å²) in [4.78, 5) is 28.0. The number of nitrogens with one attached hydrogen (secondary N) is 1. The number of benzene rings is 1. The van der Waals surface area contributed by atoms with Gasteiger partial charge >= 0.3 is 5.97 Å². The van der Waals surface area contributed by atoms with Crippen molar-refractivity contribution in [2.45, 2.75) is 31.7 Å². The van der Waals surface area contributed by atoms with Crippen molar-refractivity contribution in [2.75, 3.05) is 18.9 Å². The third-order valence-corrected chi connectivity index (χ3v) is 4.49. The van der Waals surface area contributed by atoms with Crippen LogP contribution in [0.3, 0.4) is 0 Å². The topological polar surface area (TPSA) is 68.3 Å². The largest absolute Gasteiger partial charge is 0.460 e. The highest BCUT2D eigenvalue weighted by atomic mass is 32.2. The summed E-state index contributed by atoms with van der Waals surface area (Å²) in [5, 5.41) is 3.57. The monoisotopic (exact) mass is 372 g/mol. The van der Waals surface area contributed by atoms with Crippen molar-refractivity contribution in [3.05, 3.63) is 59.3 Å². The molecule has 1 amide bonds. The van der Waals surface area contributed by atoms with Crippen molar-refractivity contribution in [2.24, 2.45) is 0 Å². The van der Waals surface area contributed by atoms with Gasteiger partial charge in [0.25, 0.3) is 0 Å². The van der Waals surface area contributed by atoms with Crippen LogP contribution in [-0.2, 0) is 16.0 Å². The predicted octanol–water partition coefficient (Wildman–Crippen LogP) is 3.41. The zero-order valence-corrected chi connectivity index (χ0v) is 16.0. The second-order valence-electron chi connectivity index (χ2n) is 5.79. The number of ether oxygens (including phenoxy) is 1. The Bertz CT molecular complexity index is 732. The van der Waals surface area contributed by atoms with Gasteiger partial charge in [-0.3, -0.25) is 4.79 Å². The molecule has 0 atom stereocenters. The van der Waals surface area contributed by atoms with E-state index in [1.807, 2.05) is 38.1 Å². The second-order valence-corrected chi connectivity index (χ2v) is 7.07. The van der Waals surface area contributed by atoms with Crippen LogP contribution >= 0.6 is 11.8 Å². The summed E-state index contributed by atoms with van der Waals surface area (Å²) >= 11 is 1.57. The lowest BCUT2D eigenvalue weighted by Crippen LogP contribution is -2.28. The normalized spacial score (nSPS) is 10.4. The highest BCUT2D eigenvalue weighted by Crippen LogP contribution is 2.16. The molecule has 2 aromatic rings. The van der Waals surface area contributed by atoms with Crippen LogP contribution in [0.4, 0.5) is 0 Å². The van der Waals surface area contributed by atoms with E-state index in [1.54, 1.807) is 30.1 Å². The van der Waals surface area contributed by atoms with Crippen molar-refractivity contribution < 1.29 is 14.3 Å².